The molecule has 0 spiro atoms. The quantitative estimate of drug-likeness (QED) is 0.152. The summed E-state index contributed by atoms with van der Waals surface area (Å²) in [5, 5.41) is 5.98. The molecule has 64 heavy (non-hydrogen) atoms. The minimum Gasteiger partial charge on any atom is -0.310 e. The third-order valence-electron chi connectivity index (χ3n) is 12.6. The van der Waals surface area contributed by atoms with E-state index in [-0.39, 0.29) is 0 Å². The van der Waals surface area contributed by atoms with Crippen LogP contribution in [0.15, 0.2) is 249 Å². The van der Waals surface area contributed by atoms with Crippen LogP contribution in [0.2, 0.25) is 0 Å². The Morgan fingerprint density at radius 1 is 0.328 bits per heavy atom. The van der Waals surface area contributed by atoms with Crippen molar-refractivity contribution >= 4 is 60.5 Å². The summed E-state index contributed by atoms with van der Waals surface area (Å²) in [5.41, 5.74) is 16.9. The van der Waals surface area contributed by atoms with Crippen LogP contribution in [-0.2, 0) is 0 Å². The summed E-state index contributed by atoms with van der Waals surface area (Å²) in [4.78, 5) is 7.45. The molecular weight excluding hydrogens is 775 g/mol. The van der Waals surface area contributed by atoms with Crippen LogP contribution in [-0.4, -0.2) is 9.55 Å². The van der Waals surface area contributed by atoms with Crippen LogP contribution in [0.3, 0.4) is 0 Å². The van der Waals surface area contributed by atoms with E-state index in [1.54, 1.807) is 0 Å². The maximum Gasteiger partial charge on any atom is 0.0710 e. The summed E-state index contributed by atoms with van der Waals surface area (Å²) in [5.74, 6) is 0. The van der Waals surface area contributed by atoms with Gasteiger partial charge in [0.15, 0.2) is 0 Å². The van der Waals surface area contributed by atoms with Crippen LogP contribution in [0, 0.1) is 0 Å². The predicted molar refractivity (Wildman–Crippen MR) is 270 cm³/mol. The van der Waals surface area contributed by atoms with Crippen LogP contribution in [0.4, 0.5) is 17.1 Å². The van der Waals surface area contributed by atoms with Gasteiger partial charge >= 0.3 is 0 Å². The SMILES string of the molecule is c1ccc(-c2ccc(-n3c4cc(-c5ccc6ccccc6n5)ccc4c4ccc(-c5ccccc5-c5ccc(N(c6ccccc6)c6cccc7ccccc67)cc5)cc43)cc2)cc1. The molecule has 0 amide bonds. The van der Waals surface area contributed by atoms with Gasteiger partial charge in [0.1, 0.15) is 0 Å². The number of para-hydroxylation sites is 2. The number of rotatable bonds is 8. The van der Waals surface area contributed by atoms with E-state index in [1.807, 2.05) is 0 Å². The van der Waals surface area contributed by atoms with E-state index in [0.717, 1.165) is 67.1 Å². The van der Waals surface area contributed by atoms with Gasteiger partial charge in [0.2, 0.25) is 0 Å². The van der Waals surface area contributed by atoms with Gasteiger partial charge in [-0.15, -0.1) is 0 Å². The molecule has 0 aliphatic rings. The monoisotopic (exact) mass is 815 g/mol. The Kier molecular flexibility index (Phi) is 9.16. The van der Waals surface area contributed by atoms with Gasteiger partial charge in [-0.2, -0.15) is 0 Å². The fourth-order valence-corrected chi connectivity index (χ4v) is 9.47. The number of aromatic nitrogens is 2. The molecule has 0 fully saturated rings. The number of benzene rings is 10. The number of hydrogen-bond acceptors (Lipinski definition) is 2. The molecule has 3 nitrogen and oxygen atoms in total. The summed E-state index contributed by atoms with van der Waals surface area (Å²) in [7, 11) is 0. The number of fused-ring (bicyclic) bond motifs is 5. The highest BCUT2D eigenvalue weighted by atomic mass is 15.1. The van der Waals surface area contributed by atoms with Crippen molar-refractivity contribution in [1.82, 2.24) is 9.55 Å². The molecule has 12 rings (SSSR count). The Bertz CT molecular complexity index is 3640. The van der Waals surface area contributed by atoms with E-state index in [2.05, 4.69) is 258 Å². The van der Waals surface area contributed by atoms with Crippen LogP contribution in [0.1, 0.15) is 0 Å². The lowest BCUT2D eigenvalue weighted by molar-refractivity contribution is 1.18. The average Bonchev–Trinajstić information content (AvgIpc) is 3.70. The van der Waals surface area contributed by atoms with Gasteiger partial charge in [0.05, 0.1) is 27.9 Å². The smallest absolute Gasteiger partial charge is 0.0710 e. The van der Waals surface area contributed by atoms with Crippen molar-refractivity contribution in [2.45, 2.75) is 0 Å². The van der Waals surface area contributed by atoms with Gasteiger partial charge < -0.3 is 9.47 Å². The lowest BCUT2D eigenvalue weighted by atomic mass is 9.93. The minimum absolute atomic E-state index is 0.960. The topological polar surface area (TPSA) is 21.1 Å². The highest BCUT2D eigenvalue weighted by molar-refractivity contribution is 6.11. The zero-order valence-electron chi connectivity index (χ0n) is 35.0. The summed E-state index contributed by atoms with van der Waals surface area (Å²) >= 11 is 0. The minimum atomic E-state index is 0.960. The second-order valence-corrected chi connectivity index (χ2v) is 16.4. The molecule has 2 aromatic heterocycles. The highest BCUT2D eigenvalue weighted by Gasteiger charge is 2.19. The predicted octanol–water partition coefficient (Wildman–Crippen LogP) is 16.6. The van der Waals surface area contributed by atoms with E-state index in [4.69, 9.17) is 4.98 Å². The Hall–Kier alpha value is -8.53. The summed E-state index contributed by atoms with van der Waals surface area (Å²) in [6.07, 6.45) is 0. The number of anilines is 3. The maximum atomic E-state index is 5.09. The fourth-order valence-electron chi connectivity index (χ4n) is 9.47. The molecular formula is C61H41N3. The van der Waals surface area contributed by atoms with Gasteiger partial charge in [0.25, 0.3) is 0 Å². The van der Waals surface area contributed by atoms with Crippen LogP contribution < -0.4 is 4.90 Å². The third-order valence-corrected chi connectivity index (χ3v) is 12.6. The largest absolute Gasteiger partial charge is 0.310 e. The molecule has 0 aliphatic carbocycles. The highest BCUT2D eigenvalue weighted by Crippen LogP contribution is 2.42. The van der Waals surface area contributed by atoms with Crippen LogP contribution in [0.5, 0.6) is 0 Å². The van der Waals surface area contributed by atoms with Crippen molar-refractivity contribution < 1.29 is 0 Å². The summed E-state index contributed by atoms with van der Waals surface area (Å²) < 4.78 is 2.43. The van der Waals surface area contributed by atoms with E-state index in [1.165, 1.54) is 43.8 Å². The van der Waals surface area contributed by atoms with Gasteiger partial charge in [-0.25, -0.2) is 4.98 Å². The normalized spacial score (nSPS) is 11.4. The van der Waals surface area contributed by atoms with E-state index < -0.39 is 0 Å². The molecule has 0 saturated heterocycles. The van der Waals surface area contributed by atoms with Crippen LogP contribution >= 0.6 is 0 Å². The molecule has 300 valence electrons. The average molecular weight is 816 g/mol. The van der Waals surface area contributed by atoms with Crippen molar-refractivity contribution in [2.75, 3.05) is 4.90 Å². The Morgan fingerprint density at radius 3 is 1.64 bits per heavy atom. The van der Waals surface area contributed by atoms with Gasteiger partial charge in [-0.1, -0.05) is 182 Å². The number of nitrogens with zero attached hydrogens (tertiary/aromatic N) is 3. The van der Waals surface area contributed by atoms with Crippen molar-refractivity contribution in [1.29, 1.82) is 0 Å². The zero-order chi connectivity index (χ0) is 42.4. The number of pyridine rings is 1. The molecule has 0 bridgehead atoms. The van der Waals surface area contributed by atoms with Crippen molar-refractivity contribution in [3.8, 4) is 50.3 Å². The van der Waals surface area contributed by atoms with Gasteiger partial charge in [-0.05, 0) is 105 Å². The molecule has 0 atom stereocenters. The third kappa shape index (κ3) is 6.59. The summed E-state index contributed by atoms with van der Waals surface area (Å²) in [6.45, 7) is 0. The molecule has 12 aromatic rings. The molecule has 0 aliphatic heterocycles. The van der Waals surface area contributed by atoms with E-state index >= 15 is 0 Å². The molecule has 2 heterocycles. The first-order valence-corrected chi connectivity index (χ1v) is 21.9. The van der Waals surface area contributed by atoms with Crippen molar-refractivity contribution in [3.05, 3.63) is 249 Å². The lowest BCUT2D eigenvalue weighted by Crippen LogP contribution is -2.10. The van der Waals surface area contributed by atoms with Crippen molar-refractivity contribution in [2.24, 2.45) is 0 Å². The van der Waals surface area contributed by atoms with E-state index in [9.17, 15) is 0 Å². The molecule has 0 saturated carbocycles. The molecule has 10 aromatic carbocycles. The zero-order valence-corrected chi connectivity index (χ0v) is 35.0. The fraction of sp³-hybridized carbons (Fsp3) is 0. The number of hydrogen-bond donors (Lipinski definition) is 0. The van der Waals surface area contributed by atoms with Crippen molar-refractivity contribution in [3.63, 3.8) is 0 Å². The molecule has 3 heteroatoms. The first-order chi connectivity index (χ1) is 31.7. The van der Waals surface area contributed by atoms with Gasteiger partial charge in [0, 0.05) is 44.2 Å². The Labute approximate surface area is 372 Å². The van der Waals surface area contributed by atoms with Crippen LogP contribution in [0.25, 0.3) is 93.8 Å². The first-order valence-electron chi connectivity index (χ1n) is 21.9. The Balaban J connectivity index is 0.982. The maximum absolute atomic E-state index is 5.09. The van der Waals surface area contributed by atoms with Gasteiger partial charge in [-0.3, -0.25) is 0 Å². The second-order valence-electron chi connectivity index (χ2n) is 16.4. The molecule has 0 N–H and O–H groups in total. The molecule has 0 radical (unpaired) electrons. The van der Waals surface area contributed by atoms with E-state index in [0.29, 0.717) is 0 Å². The Morgan fingerprint density at radius 2 is 0.875 bits per heavy atom. The standard InChI is InChI=1S/C61H41N3/c1-3-14-42(15-4-1)43-26-33-51(34-27-43)64-60-40-47(30-37-55(60)56-38-31-48(41-61(56)64)58-39-32-46-17-8-12-24-57(46)62-58)53-22-11-10-21-52(53)45-28-35-50(36-29-45)63(49-19-5-2-6-20-49)59-25-13-18-44-16-7-9-23-54(44)59/h1-41H. The first kappa shape index (κ1) is 37.2. The lowest BCUT2D eigenvalue weighted by Gasteiger charge is -2.27. The summed E-state index contributed by atoms with van der Waals surface area (Å²) in [6, 6.07) is 89.6. The second kappa shape index (κ2) is 15.7. The molecule has 0 unspecified atom stereocenters.